The van der Waals surface area contributed by atoms with Gasteiger partial charge in [-0.05, 0) is 81.2 Å². The van der Waals surface area contributed by atoms with Gasteiger partial charge < -0.3 is 28.7 Å². The summed E-state index contributed by atoms with van der Waals surface area (Å²) >= 11 is 1.54. The van der Waals surface area contributed by atoms with Crippen LogP contribution in [0.25, 0.3) is 21.6 Å². The zero-order valence-corrected chi connectivity index (χ0v) is 34.7. The van der Waals surface area contributed by atoms with E-state index in [1.54, 1.807) is 26.0 Å². The molecular formula is C45H54N4O7S. The number of hydrogen-bond donors (Lipinski definition) is 0. The number of pyridine rings is 1. The van der Waals surface area contributed by atoms with Crippen LogP contribution in [0.3, 0.4) is 0 Å². The van der Waals surface area contributed by atoms with Gasteiger partial charge in [0.2, 0.25) is 0 Å². The Kier molecular flexibility index (Phi) is 12.2. The number of ketones is 1. The van der Waals surface area contributed by atoms with Crippen molar-refractivity contribution in [3.8, 4) is 28.0 Å². The number of urea groups is 1. The van der Waals surface area contributed by atoms with Gasteiger partial charge in [0.05, 0.1) is 50.0 Å². The van der Waals surface area contributed by atoms with Crippen LogP contribution in [0.1, 0.15) is 88.5 Å². The molecule has 0 bridgehead atoms. The van der Waals surface area contributed by atoms with Crippen molar-refractivity contribution in [1.82, 2.24) is 19.8 Å². The van der Waals surface area contributed by atoms with Gasteiger partial charge in [0.25, 0.3) is 0 Å². The summed E-state index contributed by atoms with van der Waals surface area (Å²) in [5, 5.41) is 3.64. The van der Waals surface area contributed by atoms with Crippen LogP contribution in [0.15, 0.2) is 60.0 Å². The summed E-state index contributed by atoms with van der Waals surface area (Å²) in [6.07, 6.45) is 8.18. The minimum atomic E-state index is -0.921. The van der Waals surface area contributed by atoms with Crippen LogP contribution in [0, 0.1) is 18.3 Å². The quantitative estimate of drug-likeness (QED) is 0.115. The number of carbonyl (C=O) groups is 3. The number of thiazole rings is 1. The van der Waals surface area contributed by atoms with Crippen LogP contribution in [0.2, 0.25) is 0 Å². The number of ether oxygens (including phenoxy) is 4. The molecule has 2 aliphatic heterocycles. The minimum Gasteiger partial charge on any atom is -0.497 e. The fraction of sp³-hybridized carbons (Fsp3) is 0.489. The van der Waals surface area contributed by atoms with Crippen molar-refractivity contribution in [2.75, 3.05) is 33.9 Å². The van der Waals surface area contributed by atoms with Crippen LogP contribution in [0.4, 0.5) is 4.79 Å². The first-order chi connectivity index (χ1) is 27.5. The highest BCUT2D eigenvalue weighted by Crippen LogP contribution is 2.57. The number of amides is 2. The molecule has 2 fully saturated rings. The Balaban J connectivity index is 1.25. The van der Waals surface area contributed by atoms with E-state index in [9.17, 15) is 14.4 Å². The zero-order chi connectivity index (χ0) is 40.3. The van der Waals surface area contributed by atoms with Crippen molar-refractivity contribution in [3.05, 3.63) is 76.8 Å². The Morgan fingerprint density at radius 3 is 2.54 bits per heavy atom. The maximum absolute atomic E-state index is 14.9. The van der Waals surface area contributed by atoms with E-state index < -0.39 is 17.6 Å². The van der Waals surface area contributed by atoms with Crippen LogP contribution in [0.5, 0.6) is 17.2 Å². The molecule has 12 heteroatoms. The molecule has 0 spiro atoms. The number of hydrogen-bond acceptors (Lipinski definition) is 10. The second kappa shape index (κ2) is 17.3. The summed E-state index contributed by atoms with van der Waals surface area (Å²) < 4.78 is 23.5. The number of allylic oxidation sites excluding steroid dienone is 2. The molecule has 2 aromatic heterocycles. The molecule has 0 radical (unpaired) electrons. The van der Waals surface area contributed by atoms with Crippen LogP contribution < -0.4 is 14.2 Å². The molecule has 1 aliphatic carbocycles. The van der Waals surface area contributed by atoms with Gasteiger partial charge in [-0.25, -0.2) is 14.8 Å². The van der Waals surface area contributed by atoms with E-state index in [2.05, 4.69) is 31.4 Å². The summed E-state index contributed by atoms with van der Waals surface area (Å²) in [7, 11) is 3.27. The van der Waals surface area contributed by atoms with Gasteiger partial charge in [0.15, 0.2) is 5.78 Å². The van der Waals surface area contributed by atoms with Crippen LogP contribution >= 0.6 is 11.3 Å². The highest BCUT2D eigenvalue weighted by molar-refractivity contribution is 7.13. The molecule has 0 unspecified atom stereocenters. The third-order valence-corrected chi connectivity index (χ3v) is 12.5. The predicted octanol–water partition coefficient (Wildman–Crippen LogP) is 8.91. The van der Waals surface area contributed by atoms with Gasteiger partial charge in [-0.1, -0.05) is 44.6 Å². The number of fused-ring (bicyclic) bond motifs is 3. The SMILES string of the molecule is CCOC(=O)[C@]12CC(=O)[C@@H]3C[C@@H](Oc4cc(-c5nc(C(C)C)cs5)nc5c(C)c(OC)ccc45)CN3C(=O)N(Cc3ccc(OC)cc3)CCCCC/C=C\[C@H]1C2. The average Bonchev–Trinajstić information content (AvgIpc) is 3.49. The van der Waals surface area contributed by atoms with E-state index in [0.717, 1.165) is 64.2 Å². The molecule has 3 aliphatic rings. The lowest BCUT2D eigenvalue weighted by Crippen LogP contribution is -2.49. The van der Waals surface area contributed by atoms with E-state index in [0.29, 0.717) is 36.7 Å². The van der Waals surface area contributed by atoms with Crippen molar-refractivity contribution in [2.45, 2.75) is 97.2 Å². The largest absolute Gasteiger partial charge is 0.497 e. The number of aromatic nitrogens is 2. The van der Waals surface area contributed by atoms with E-state index in [4.69, 9.17) is 28.9 Å². The summed E-state index contributed by atoms with van der Waals surface area (Å²) in [5.74, 6) is 1.75. The number of rotatable bonds is 10. The molecule has 11 nitrogen and oxygen atoms in total. The fourth-order valence-corrected chi connectivity index (χ4v) is 9.17. The van der Waals surface area contributed by atoms with E-state index in [1.807, 2.05) is 54.3 Å². The second-order valence-corrected chi connectivity index (χ2v) is 16.7. The summed E-state index contributed by atoms with van der Waals surface area (Å²) in [4.78, 5) is 56.5. The molecule has 0 N–H and O–H groups in total. The standard InChI is InChI=1S/C45H54N4O7S/c1-7-55-43(51)45-23-31(45)13-11-9-8-10-12-20-48(25-30-14-16-32(53-5)17-15-30)44(52)49-26-33(21-37(49)38(50)24-45)56-40-22-35(42-47-36(27-57-42)28(2)3)46-41-29(4)39(54-6)19-18-34(40)41/h11,13-19,22,27-28,31,33,37H,7-10,12,20-21,23-26H2,1-6H3/b13-11-/t31-,33+,37-,45+/m0/s1. The number of esters is 1. The Hall–Kier alpha value is -4.97. The first-order valence-corrected chi connectivity index (χ1v) is 21.1. The first-order valence-electron chi connectivity index (χ1n) is 20.2. The summed E-state index contributed by atoms with van der Waals surface area (Å²) in [6.45, 7) is 9.35. The smallest absolute Gasteiger partial charge is 0.321 e. The lowest BCUT2D eigenvalue weighted by Gasteiger charge is -2.32. The zero-order valence-electron chi connectivity index (χ0n) is 33.9. The van der Waals surface area contributed by atoms with Crippen molar-refractivity contribution in [1.29, 1.82) is 0 Å². The molecule has 7 rings (SSSR count). The fourth-order valence-electron chi connectivity index (χ4n) is 8.23. The topological polar surface area (TPSA) is 120 Å². The molecule has 302 valence electrons. The molecule has 2 aromatic carbocycles. The maximum Gasteiger partial charge on any atom is 0.321 e. The molecule has 4 atom stereocenters. The van der Waals surface area contributed by atoms with Crippen molar-refractivity contribution in [2.24, 2.45) is 11.3 Å². The Labute approximate surface area is 339 Å². The van der Waals surface area contributed by atoms with Crippen molar-refractivity contribution < 1.29 is 33.3 Å². The average molecular weight is 795 g/mol. The van der Waals surface area contributed by atoms with Gasteiger partial charge in [0.1, 0.15) is 34.1 Å². The van der Waals surface area contributed by atoms with Gasteiger partial charge in [-0.3, -0.25) is 9.59 Å². The predicted molar refractivity (Wildman–Crippen MR) is 221 cm³/mol. The number of carbonyl (C=O) groups excluding carboxylic acids is 3. The van der Waals surface area contributed by atoms with Gasteiger partial charge in [-0.15, -0.1) is 11.3 Å². The highest BCUT2D eigenvalue weighted by Gasteiger charge is 2.61. The lowest BCUT2D eigenvalue weighted by atomic mass is 9.92. The Morgan fingerprint density at radius 2 is 1.82 bits per heavy atom. The summed E-state index contributed by atoms with van der Waals surface area (Å²) in [6, 6.07) is 12.5. The van der Waals surface area contributed by atoms with Crippen LogP contribution in [-0.4, -0.2) is 83.6 Å². The molecular weight excluding hydrogens is 741 g/mol. The summed E-state index contributed by atoms with van der Waals surface area (Å²) in [5.41, 5.74) is 3.32. The molecule has 1 saturated heterocycles. The van der Waals surface area contributed by atoms with Crippen molar-refractivity contribution in [3.63, 3.8) is 0 Å². The lowest BCUT2D eigenvalue weighted by molar-refractivity contribution is -0.152. The maximum atomic E-state index is 14.9. The molecule has 1 saturated carbocycles. The number of nitrogens with zero attached hydrogens (tertiary/aromatic N) is 4. The number of benzene rings is 2. The van der Waals surface area contributed by atoms with Crippen LogP contribution in [-0.2, 0) is 20.9 Å². The van der Waals surface area contributed by atoms with Gasteiger partial charge >= 0.3 is 12.0 Å². The Bertz CT molecular complexity index is 2130. The third kappa shape index (κ3) is 8.51. The third-order valence-electron chi connectivity index (χ3n) is 11.6. The highest BCUT2D eigenvalue weighted by atomic mass is 32.1. The number of aryl methyl sites for hydroxylation is 1. The van der Waals surface area contributed by atoms with E-state index in [-0.39, 0.29) is 55.6 Å². The van der Waals surface area contributed by atoms with Gasteiger partial charge in [0, 0.05) is 48.3 Å². The number of methoxy groups -OCH3 is 2. The number of Topliss-reactive ketones (excluding diaryl/α,β-unsaturated/α-hetero) is 1. The Morgan fingerprint density at radius 1 is 1.02 bits per heavy atom. The monoisotopic (exact) mass is 794 g/mol. The van der Waals surface area contributed by atoms with Gasteiger partial charge in [-0.2, -0.15) is 0 Å². The normalized spacial score (nSPS) is 23.4. The molecule has 4 heterocycles. The first kappa shape index (κ1) is 40.2. The minimum absolute atomic E-state index is 0.00401. The molecule has 4 aromatic rings. The van der Waals surface area contributed by atoms with Crippen molar-refractivity contribution >= 4 is 40.0 Å². The van der Waals surface area contributed by atoms with E-state index in [1.165, 1.54) is 11.3 Å². The second-order valence-electron chi connectivity index (χ2n) is 15.8. The van der Waals surface area contributed by atoms with E-state index >= 15 is 0 Å². The molecule has 2 amide bonds. The molecule has 57 heavy (non-hydrogen) atoms.